The molecule has 1 aromatic heterocycles. The van der Waals surface area contributed by atoms with Crippen molar-refractivity contribution in [1.82, 2.24) is 15.1 Å². The maximum atomic E-state index is 11.5. The Morgan fingerprint density at radius 3 is 3.08 bits per heavy atom. The van der Waals surface area contributed by atoms with Crippen LogP contribution in [0.2, 0.25) is 0 Å². The van der Waals surface area contributed by atoms with Gasteiger partial charge in [0.15, 0.2) is 5.78 Å². The van der Waals surface area contributed by atoms with Crippen LogP contribution in [0.4, 0.5) is 5.82 Å². The van der Waals surface area contributed by atoms with E-state index in [9.17, 15) is 4.79 Å². The molecule has 0 aromatic carbocycles. The van der Waals surface area contributed by atoms with Crippen LogP contribution in [0, 0.1) is 0 Å². The van der Waals surface area contributed by atoms with Crippen molar-refractivity contribution >= 4 is 11.6 Å². The van der Waals surface area contributed by atoms with Crippen LogP contribution < -0.4 is 5.32 Å². The number of hydrogen-bond acceptors (Lipinski definition) is 4. The summed E-state index contributed by atoms with van der Waals surface area (Å²) in [5.41, 5.74) is 0.580. The van der Waals surface area contributed by atoms with E-state index < -0.39 is 0 Å². The third-order valence-electron chi connectivity index (χ3n) is 2.04. The molecule has 1 aromatic rings. The molecule has 0 amide bonds. The number of ketones is 1. The Hall–Kier alpha value is -1.36. The highest BCUT2D eigenvalue weighted by atomic mass is 16.1. The van der Waals surface area contributed by atoms with E-state index in [4.69, 9.17) is 0 Å². The molecule has 0 aliphatic carbocycles. The van der Waals surface area contributed by atoms with Crippen molar-refractivity contribution in [3.63, 3.8) is 0 Å². The molecular weight excluding hydrogens is 168 g/mol. The summed E-state index contributed by atoms with van der Waals surface area (Å²) in [7, 11) is 1.77. The molecule has 0 saturated carbocycles. The zero-order valence-corrected chi connectivity index (χ0v) is 7.50. The molecule has 1 aliphatic rings. The minimum Gasteiger partial charge on any atom is -0.372 e. The predicted molar refractivity (Wildman–Crippen MR) is 48.9 cm³/mol. The van der Waals surface area contributed by atoms with Crippen molar-refractivity contribution in [2.75, 3.05) is 32.0 Å². The van der Waals surface area contributed by atoms with Gasteiger partial charge in [-0.05, 0) is 0 Å². The number of carbonyl (C=O) groups excluding carboxylic acids is 1. The Morgan fingerprint density at radius 2 is 2.54 bits per heavy atom. The molecule has 2 heterocycles. The lowest BCUT2D eigenvalue weighted by atomic mass is 10.3. The minimum absolute atomic E-state index is 0.103. The molecule has 0 bridgehead atoms. The van der Waals surface area contributed by atoms with Crippen LogP contribution in [-0.2, 0) is 0 Å². The number of aromatic nitrogens is 2. The zero-order chi connectivity index (χ0) is 9.26. The second kappa shape index (κ2) is 3.18. The fraction of sp³-hybridized carbons (Fsp3) is 0.500. The summed E-state index contributed by atoms with van der Waals surface area (Å²) in [6, 6.07) is 1.73. The first-order valence-corrected chi connectivity index (χ1v) is 4.28. The standard InChI is InChI=1S/C8H12N4O/c1-9-8-4-6(10-11-8)7(13)5-12-2-3-12/h4H,2-3,5H2,1H3,(H2,9,10,11). The molecule has 5 nitrogen and oxygen atoms in total. The number of hydrogen-bond donors (Lipinski definition) is 2. The predicted octanol–water partition coefficient (Wildman–Crippen LogP) is -0.0503. The van der Waals surface area contributed by atoms with Gasteiger partial charge in [-0.1, -0.05) is 0 Å². The third kappa shape index (κ3) is 1.86. The number of aromatic amines is 1. The highest BCUT2D eigenvalue weighted by Gasteiger charge is 2.21. The van der Waals surface area contributed by atoms with Gasteiger partial charge in [0, 0.05) is 26.2 Å². The summed E-state index contributed by atoms with van der Waals surface area (Å²) >= 11 is 0. The van der Waals surface area contributed by atoms with Crippen LogP contribution in [0.15, 0.2) is 6.07 Å². The van der Waals surface area contributed by atoms with Gasteiger partial charge in [0.2, 0.25) is 0 Å². The maximum Gasteiger partial charge on any atom is 0.194 e. The second-order valence-corrected chi connectivity index (χ2v) is 3.12. The molecule has 0 atom stereocenters. The van der Waals surface area contributed by atoms with Gasteiger partial charge in [0.1, 0.15) is 11.5 Å². The Morgan fingerprint density at radius 1 is 1.77 bits per heavy atom. The Labute approximate surface area is 76.1 Å². The van der Waals surface area contributed by atoms with E-state index in [2.05, 4.69) is 20.4 Å². The van der Waals surface area contributed by atoms with Gasteiger partial charge < -0.3 is 5.32 Å². The molecule has 0 radical (unpaired) electrons. The van der Waals surface area contributed by atoms with Gasteiger partial charge in [-0.25, -0.2) is 0 Å². The van der Waals surface area contributed by atoms with E-state index in [1.165, 1.54) is 0 Å². The van der Waals surface area contributed by atoms with Gasteiger partial charge in [-0.2, -0.15) is 5.10 Å². The topological polar surface area (TPSA) is 60.8 Å². The fourth-order valence-corrected chi connectivity index (χ4v) is 1.11. The Balaban J connectivity index is 2.01. The summed E-state index contributed by atoms with van der Waals surface area (Å²) in [6.07, 6.45) is 0. The van der Waals surface area contributed by atoms with Crippen LogP contribution in [0.1, 0.15) is 10.5 Å². The van der Waals surface area contributed by atoms with Crippen molar-refractivity contribution in [3.05, 3.63) is 11.8 Å². The first kappa shape index (κ1) is 8.25. The quantitative estimate of drug-likeness (QED) is 0.504. The smallest absolute Gasteiger partial charge is 0.194 e. The molecule has 1 aliphatic heterocycles. The molecule has 1 saturated heterocycles. The fourth-order valence-electron chi connectivity index (χ4n) is 1.11. The lowest BCUT2D eigenvalue weighted by molar-refractivity contribution is 0.0969. The van der Waals surface area contributed by atoms with Crippen molar-refractivity contribution < 1.29 is 4.79 Å². The zero-order valence-electron chi connectivity index (χ0n) is 7.50. The summed E-state index contributed by atoms with van der Waals surface area (Å²) < 4.78 is 0. The summed E-state index contributed by atoms with van der Waals surface area (Å²) in [4.78, 5) is 13.6. The normalized spacial score (nSPS) is 15.8. The number of nitrogens with zero attached hydrogens (tertiary/aromatic N) is 2. The van der Waals surface area contributed by atoms with Gasteiger partial charge in [-0.3, -0.25) is 14.8 Å². The largest absolute Gasteiger partial charge is 0.372 e. The first-order valence-electron chi connectivity index (χ1n) is 4.28. The lowest BCUT2D eigenvalue weighted by Crippen LogP contribution is -2.13. The molecule has 5 heteroatoms. The van der Waals surface area contributed by atoms with Crippen LogP contribution >= 0.6 is 0 Å². The van der Waals surface area contributed by atoms with E-state index in [0.717, 1.165) is 13.1 Å². The van der Waals surface area contributed by atoms with E-state index in [0.29, 0.717) is 18.1 Å². The van der Waals surface area contributed by atoms with E-state index in [1.807, 2.05) is 0 Å². The van der Waals surface area contributed by atoms with Gasteiger partial charge in [0.05, 0.1) is 6.54 Å². The van der Waals surface area contributed by atoms with Crippen molar-refractivity contribution in [2.24, 2.45) is 0 Å². The maximum absolute atomic E-state index is 11.5. The monoisotopic (exact) mass is 180 g/mol. The van der Waals surface area contributed by atoms with Crippen LogP contribution in [0.3, 0.4) is 0 Å². The van der Waals surface area contributed by atoms with Gasteiger partial charge in [0.25, 0.3) is 0 Å². The van der Waals surface area contributed by atoms with E-state index >= 15 is 0 Å². The number of H-pyrrole nitrogens is 1. The van der Waals surface area contributed by atoms with Crippen LogP contribution in [0.25, 0.3) is 0 Å². The summed E-state index contributed by atoms with van der Waals surface area (Å²) in [5.74, 6) is 0.806. The second-order valence-electron chi connectivity index (χ2n) is 3.12. The summed E-state index contributed by atoms with van der Waals surface area (Å²) in [5, 5.41) is 9.47. The molecule has 0 spiro atoms. The summed E-state index contributed by atoms with van der Waals surface area (Å²) in [6.45, 7) is 2.59. The van der Waals surface area contributed by atoms with Gasteiger partial charge >= 0.3 is 0 Å². The number of nitrogens with one attached hydrogen (secondary N) is 2. The minimum atomic E-state index is 0.103. The number of Topliss-reactive ketones (excluding diaryl/α,β-unsaturated/α-hetero) is 1. The molecule has 2 N–H and O–H groups in total. The number of anilines is 1. The molecule has 2 rings (SSSR count). The Bertz CT molecular complexity index is 316. The average molecular weight is 180 g/mol. The number of rotatable bonds is 4. The molecule has 1 fully saturated rings. The first-order chi connectivity index (χ1) is 6.29. The molecule has 70 valence electrons. The van der Waals surface area contributed by atoms with Crippen LogP contribution in [0.5, 0.6) is 0 Å². The SMILES string of the molecule is CNc1cc(C(=O)CN2CC2)[nH]n1. The van der Waals surface area contributed by atoms with Crippen molar-refractivity contribution in [2.45, 2.75) is 0 Å². The van der Waals surface area contributed by atoms with E-state index in [1.54, 1.807) is 13.1 Å². The van der Waals surface area contributed by atoms with Gasteiger partial charge in [-0.15, -0.1) is 0 Å². The highest BCUT2D eigenvalue weighted by molar-refractivity contribution is 5.96. The molecular formula is C8H12N4O. The Kier molecular flexibility index (Phi) is 2.02. The number of carbonyl (C=O) groups is 1. The van der Waals surface area contributed by atoms with Crippen LogP contribution in [-0.4, -0.2) is 47.6 Å². The molecule has 0 unspecified atom stereocenters. The molecule has 13 heavy (non-hydrogen) atoms. The third-order valence-corrected chi connectivity index (χ3v) is 2.04. The van der Waals surface area contributed by atoms with E-state index in [-0.39, 0.29) is 5.78 Å². The van der Waals surface area contributed by atoms with Crippen molar-refractivity contribution in [1.29, 1.82) is 0 Å². The van der Waals surface area contributed by atoms with Crippen molar-refractivity contribution in [3.8, 4) is 0 Å². The average Bonchev–Trinajstić information content (AvgIpc) is 2.82. The highest BCUT2D eigenvalue weighted by Crippen LogP contribution is 2.08. The lowest BCUT2D eigenvalue weighted by Gasteiger charge is -1.95.